The van der Waals surface area contributed by atoms with Crippen molar-refractivity contribution in [3.63, 3.8) is 0 Å². The molecule has 6 rings (SSSR count). The van der Waals surface area contributed by atoms with Crippen molar-refractivity contribution in [2.75, 3.05) is 5.32 Å². The molecular formula is C38H30N4O3S. The molecule has 1 N–H and O–H groups in total. The summed E-state index contributed by atoms with van der Waals surface area (Å²) in [5.74, 6) is 0.908. The number of ether oxygens (including phenoxy) is 2. The summed E-state index contributed by atoms with van der Waals surface area (Å²) in [6, 6.07) is 34.0. The molecule has 0 saturated carbocycles. The lowest BCUT2D eigenvalue weighted by Gasteiger charge is -2.13. The number of hydrogen-bond donors (Lipinski definition) is 1. The van der Waals surface area contributed by atoms with Crippen molar-refractivity contribution in [3.05, 3.63) is 141 Å². The lowest BCUT2D eigenvalue weighted by atomic mass is 9.95. The van der Waals surface area contributed by atoms with Gasteiger partial charge in [0, 0.05) is 39.5 Å². The third-order valence-corrected chi connectivity index (χ3v) is 8.97. The second-order valence-electron chi connectivity index (χ2n) is 10.8. The molecule has 0 fully saturated rings. The van der Waals surface area contributed by atoms with E-state index in [1.807, 2.05) is 78.9 Å². The fourth-order valence-electron chi connectivity index (χ4n) is 5.38. The quantitative estimate of drug-likeness (QED) is 0.157. The first-order chi connectivity index (χ1) is 22.6. The zero-order valence-corrected chi connectivity index (χ0v) is 25.8. The van der Waals surface area contributed by atoms with Gasteiger partial charge in [0.05, 0.1) is 28.8 Å². The summed E-state index contributed by atoms with van der Waals surface area (Å²) in [7, 11) is 0. The second kappa shape index (κ2) is 14.4. The highest BCUT2D eigenvalue weighted by molar-refractivity contribution is 7.16. The smallest absolute Gasteiger partial charge is 0.259 e. The molecular weight excluding hydrogens is 593 g/mol. The Morgan fingerprint density at radius 2 is 1.48 bits per heavy atom. The van der Waals surface area contributed by atoms with Crippen molar-refractivity contribution in [3.8, 4) is 23.6 Å². The molecule has 0 atom stereocenters. The maximum atomic E-state index is 13.6. The predicted molar refractivity (Wildman–Crippen MR) is 180 cm³/mol. The molecule has 226 valence electrons. The second-order valence-corrected chi connectivity index (χ2v) is 11.9. The average molecular weight is 623 g/mol. The summed E-state index contributed by atoms with van der Waals surface area (Å²) in [6.07, 6.45) is 5.65. The lowest BCUT2D eigenvalue weighted by Crippen LogP contribution is -2.14. The molecule has 46 heavy (non-hydrogen) atoms. The highest BCUT2D eigenvalue weighted by Gasteiger charge is 2.25. The van der Waals surface area contributed by atoms with Crippen molar-refractivity contribution < 1.29 is 14.3 Å². The van der Waals surface area contributed by atoms with E-state index in [9.17, 15) is 15.3 Å². The minimum Gasteiger partial charge on any atom is -0.489 e. The van der Waals surface area contributed by atoms with Gasteiger partial charge in [-0.15, -0.1) is 11.3 Å². The van der Waals surface area contributed by atoms with Crippen LogP contribution in [0.5, 0.6) is 11.5 Å². The molecule has 0 radical (unpaired) electrons. The molecule has 0 aliphatic heterocycles. The minimum atomic E-state index is -0.163. The van der Waals surface area contributed by atoms with Crippen molar-refractivity contribution in [2.24, 2.45) is 4.99 Å². The molecule has 1 aliphatic rings. The van der Waals surface area contributed by atoms with Crippen LogP contribution in [0.3, 0.4) is 0 Å². The SMILES string of the molecule is N#Cc1ccccc1COc1ccc(C=Nc2sc3c(c2C(=O)Nc2ccccc2)CCCC3)c(OCc2ccccc2C#N)c1. The third-order valence-electron chi connectivity index (χ3n) is 7.77. The van der Waals surface area contributed by atoms with E-state index in [1.54, 1.807) is 35.8 Å². The predicted octanol–water partition coefficient (Wildman–Crippen LogP) is 8.53. The monoisotopic (exact) mass is 622 g/mol. The van der Waals surface area contributed by atoms with Crippen LogP contribution in [0, 0.1) is 22.7 Å². The van der Waals surface area contributed by atoms with E-state index in [4.69, 9.17) is 14.5 Å². The number of amides is 1. The Bertz CT molecular complexity index is 1990. The van der Waals surface area contributed by atoms with E-state index in [2.05, 4.69) is 17.5 Å². The van der Waals surface area contributed by atoms with Gasteiger partial charge in [-0.2, -0.15) is 10.5 Å². The maximum absolute atomic E-state index is 13.6. The Balaban J connectivity index is 1.31. The third kappa shape index (κ3) is 6.99. The molecule has 8 heteroatoms. The van der Waals surface area contributed by atoms with Crippen LogP contribution in [0.15, 0.2) is 102 Å². The summed E-state index contributed by atoms with van der Waals surface area (Å²) >= 11 is 1.57. The van der Waals surface area contributed by atoms with Crippen molar-refractivity contribution >= 4 is 34.1 Å². The fraction of sp³-hybridized carbons (Fsp3) is 0.158. The zero-order valence-electron chi connectivity index (χ0n) is 25.0. The molecule has 4 aromatic carbocycles. The Labute approximate surface area is 272 Å². The number of hydrogen-bond acceptors (Lipinski definition) is 7. The fourth-order valence-corrected chi connectivity index (χ4v) is 6.61. The number of fused-ring (bicyclic) bond motifs is 1. The standard InChI is InChI=1S/C38H30N4O3S/c39-21-26-10-4-6-12-29(26)24-44-32-19-18-28(34(20-32)45-25-30-13-7-5-11-27(30)22-40)23-41-38-36(33-16-8-9-17-35(33)46-38)37(43)42-31-14-2-1-3-15-31/h1-7,10-15,18-20,23H,8-9,16-17,24-25H2,(H,42,43). The van der Waals surface area contributed by atoms with Crippen molar-refractivity contribution in [2.45, 2.75) is 38.9 Å². The number of aliphatic imine (C=N–C) groups is 1. The van der Waals surface area contributed by atoms with Crippen LogP contribution >= 0.6 is 11.3 Å². The van der Waals surface area contributed by atoms with Crippen LogP contribution in [0.2, 0.25) is 0 Å². The Morgan fingerprint density at radius 3 is 2.20 bits per heavy atom. The summed E-state index contributed by atoms with van der Waals surface area (Å²) in [6.45, 7) is 0.387. The van der Waals surface area contributed by atoms with Gasteiger partial charge in [0.2, 0.25) is 0 Å². The number of aryl methyl sites for hydroxylation is 1. The van der Waals surface area contributed by atoms with E-state index < -0.39 is 0 Å². The molecule has 1 amide bonds. The van der Waals surface area contributed by atoms with Crippen LogP contribution in [0.4, 0.5) is 10.7 Å². The molecule has 0 bridgehead atoms. The van der Waals surface area contributed by atoms with Gasteiger partial charge in [-0.1, -0.05) is 54.6 Å². The van der Waals surface area contributed by atoms with Crippen LogP contribution in [-0.2, 0) is 26.1 Å². The molecule has 1 aliphatic carbocycles. The Hall–Kier alpha value is -5.70. The Kier molecular flexibility index (Phi) is 9.49. The molecule has 0 saturated heterocycles. The van der Waals surface area contributed by atoms with Gasteiger partial charge >= 0.3 is 0 Å². The topological polar surface area (TPSA) is 108 Å². The molecule has 7 nitrogen and oxygen atoms in total. The normalized spacial score (nSPS) is 12.1. The van der Waals surface area contributed by atoms with Gasteiger partial charge in [0.1, 0.15) is 29.7 Å². The van der Waals surface area contributed by atoms with Gasteiger partial charge < -0.3 is 14.8 Å². The summed E-state index contributed by atoms with van der Waals surface area (Å²) in [5.41, 5.74) is 5.78. The van der Waals surface area contributed by atoms with E-state index in [0.29, 0.717) is 38.8 Å². The number of carbonyl (C=O) groups excluding carboxylic acids is 1. The summed E-state index contributed by atoms with van der Waals surface area (Å²) < 4.78 is 12.4. The average Bonchev–Trinajstić information content (AvgIpc) is 3.48. The molecule has 1 heterocycles. The number of rotatable bonds is 10. The van der Waals surface area contributed by atoms with Gasteiger partial charge in [0.15, 0.2) is 0 Å². The van der Waals surface area contributed by atoms with Gasteiger partial charge in [0.25, 0.3) is 5.91 Å². The van der Waals surface area contributed by atoms with Crippen LogP contribution < -0.4 is 14.8 Å². The number of benzene rings is 4. The first-order valence-electron chi connectivity index (χ1n) is 15.0. The number of thiophene rings is 1. The minimum absolute atomic E-state index is 0.163. The highest BCUT2D eigenvalue weighted by Crippen LogP contribution is 2.40. The lowest BCUT2D eigenvalue weighted by molar-refractivity contribution is 0.102. The first kappa shape index (κ1) is 30.3. The van der Waals surface area contributed by atoms with Crippen LogP contribution in [0.1, 0.15) is 61.5 Å². The van der Waals surface area contributed by atoms with Crippen molar-refractivity contribution in [1.29, 1.82) is 10.5 Å². The number of nitriles is 2. The first-order valence-corrected chi connectivity index (χ1v) is 15.8. The number of para-hydroxylation sites is 1. The van der Waals surface area contributed by atoms with E-state index in [-0.39, 0.29) is 19.1 Å². The van der Waals surface area contributed by atoms with Crippen LogP contribution in [0.25, 0.3) is 0 Å². The van der Waals surface area contributed by atoms with E-state index in [0.717, 1.165) is 48.1 Å². The van der Waals surface area contributed by atoms with E-state index >= 15 is 0 Å². The molecule has 1 aromatic heterocycles. The number of nitrogens with one attached hydrogen (secondary N) is 1. The van der Waals surface area contributed by atoms with Gasteiger partial charge in [-0.05, 0) is 67.6 Å². The molecule has 0 spiro atoms. The van der Waals surface area contributed by atoms with Crippen LogP contribution in [-0.4, -0.2) is 12.1 Å². The number of carbonyl (C=O) groups is 1. The summed E-state index contributed by atoms with van der Waals surface area (Å²) in [4.78, 5) is 19.7. The van der Waals surface area contributed by atoms with Gasteiger partial charge in [-0.25, -0.2) is 4.99 Å². The summed E-state index contributed by atoms with van der Waals surface area (Å²) in [5, 5.41) is 22.7. The van der Waals surface area contributed by atoms with Crippen molar-refractivity contribution in [1.82, 2.24) is 0 Å². The zero-order chi connectivity index (χ0) is 31.7. The van der Waals surface area contributed by atoms with Gasteiger partial charge in [-0.3, -0.25) is 4.79 Å². The molecule has 0 unspecified atom stereocenters. The highest BCUT2D eigenvalue weighted by atomic mass is 32.1. The van der Waals surface area contributed by atoms with E-state index in [1.165, 1.54) is 4.88 Å². The number of nitrogens with zero attached hydrogens (tertiary/aromatic N) is 3. The number of anilines is 1. The molecule has 5 aromatic rings. The Morgan fingerprint density at radius 1 is 0.826 bits per heavy atom. The maximum Gasteiger partial charge on any atom is 0.259 e. The largest absolute Gasteiger partial charge is 0.489 e.